The first-order valence-electron chi connectivity index (χ1n) is 9.67. The highest BCUT2D eigenvalue weighted by atomic mass is 32.2. The van der Waals surface area contributed by atoms with Crippen LogP contribution in [-0.4, -0.2) is 53.6 Å². The standard InChI is InChI=1S/C22H26N4O3S/c1-15(2)26(5)30(28,29)18-12-10-17(11-13-18)22(27)25(4)14-21-23-16(3)19-8-6-7-9-20(19)24-21/h6-13,15H,14H2,1-5H3. The first-order valence-corrected chi connectivity index (χ1v) is 11.1. The third-order valence-corrected chi connectivity index (χ3v) is 7.12. The highest BCUT2D eigenvalue weighted by molar-refractivity contribution is 7.89. The second-order valence-corrected chi connectivity index (χ2v) is 9.54. The topological polar surface area (TPSA) is 83.5 Å². The average Bonchev–Trinajstić information content (AvgIpc) is 2.72. The predicted molar refractivity (Wildman–Crippen MR) is 117 cm³/mol. The number of fused-ring (bicyclic) bond motifs is 1. The maximum absolute atomic E-state index is 12.8. The fraction of sp³-hybridized carbons (Fsp3) is 0.318. The van der Waals surface area contributed by atoms with Gasteiger partial charge in [0, 0.05) is 36.8 Å². The molecule has 1 aromatic heterocycles. The SMILES string of the molecule is Cc1nc(CN(C)C(=O)c2ccc(S(=O)(=O)N(C)C(C)C)cc2)nc2ccccc12. The Morgan fingerprint density at radius 1 is 1.00 bits per heavy atom. The molecule has 0 unspecified atom stereocenters. The summed E-state index contributed by atoms with van der Waals surface area (Å²) in [6.45, 7) is 5.78. The molecule has 2 aromatic carbocycles. The largest absolute Gasteiger partial charge is 0.334 e. The molecule has 1 heterocycles. The number of sulfonamides is 1. The second-order valence-electron chi connectivity index (χ2n) is 7.54. The Labute approximate surface area is 177 Å². The van der Waals surface area contributed by atoms with Crippen molar-refractivity contribution >= 4 is 26.8 Å². The maximum Gasteiger partial charge on any atom is 0.254 e. The molecule has 7 nitrogen and oxygen atoms in total. The zero-order chi connectivity index (χ0) is 22.1. The molecule has 3 rings (SSSR count). The molecule has 0 atom stereocenters. The van der Waals surface area contributed by atoms with Gasteiger partial charge in [-0.1, -0.05) is 18.2 Å². The molecule has 0 saturated carbocycles. The maximum atomic E-state index is 12.8. The van der Waals surface area contributed by atoms with Gasteiger partial charge in [0.1, 0.15) is 5.82 Å². The molecule has 1 amide bonds. The zero-order valence-electron chi connectivity index (χ0n) is 17.8. The molecule has 0 bridgehead atoms. The van der Waals surface area contributed by atoms with Crippen LogP contribution in [0.1, 0.15) is 35.7 Å². The van der Waals surface area contributed by atoms with E-state index in [1.165, 1.54) is 33.5 Å². The van der Waals surface area contributed by atoms with Gasteiger partial charge >= 0.3 is 0 Å². The van der Waals surface area contributed by atoms with Crippen LogP contribution in [0.25, 0.3) is 10.9 Å². The van der Waals surface area contributed by atoms with Crippen LogP contribution >= 0.6 is 0 Å². The van der Waals surface area contributed by atoms with Crippen LogP contribution in [0, 0.1) is 6.92 Å². The van der Waals surface area contributed by atoms with Crippen molar-refractivity contribution in [2.24, 2.45) is 0 Å². The van der Waals surface area contributed by atoms with Crippen molar-refractivity contribution in [1.82, 2.24) is 19.2 Å². The molecule has 0 saturated heterocycles. The highest BCUT2D eigenvalue weighted by Gasteiger charge is 2.23. The lowest BCUT2D eigenvalue weighted by molar-refractivity contribution is 0.0781. The van der Waals surface area contributed by atoms with E-state index in [0.29, 0.717) is 11.4 Å². The van der Waals surface area contributed by atoms with Gasteiger partial charge in [-0.05, 0) is 51.1 Å². The minimum absolute atomic E-state index is 0.159. The van der Waals surface area contributed by atoms with Gasteiger partial charge in [-0.2, -0.15) is 4.31 Å². The summed E-state index contributed by atoms with van der Waals surface area (Å²) in [7, 11) is -0.373. The number of rotatable bonds is 6. The summed E-state index contributed by atoms with van der Waals surface area (Å²) in [5.74, 6) is 0.324. The molecule has 8 heteroatoms. The van der Waals surface area contributed by atoms with Gasteiger partial charge in [0.15, 0.2) is 0 Å². The lowest BCUT2D eigenvalue weighted by Crippen LogP contribution is -2.33. The van der Waals surface area contributed by atoms with Crippen molar-refractivity contribution in [2.45, 2.75) is 38.3 Å². The van der Waals surface area contributed by atoms with Gasteiger partial charge in [-0.3, -0.25) is 4.79 Å². The van der Waals surface area contributed by atoms with Gasteiger partial charge < -0.3 is 4.90 Å². The Bertz CT molecular complexity index is 1170. The lowest BCUT2D eigenvalue weighted by Gasteiger charge is -2.21. The van der Waals surface area contributed by atoms with Crippen LogP contribution in [0.2, 0.25) is 0 Å². The Morgan fingerprint density at radius 2 is 1.63 bits per heavy atom. The number of nitrogens with zero attached hydrogens (tertiary/aromatic N) is 4. The van der Waals surface area contributed by atoms with E-state index in [1.807, 2.05) is 31.2 Å². The van der Waals surface area contributed by atoms with Crippen LogP contribution in [-0.2, 0) is 16.6 Å². The Hall–Kier alpha value is -2.84. The number of amides is 1. The third-order valence-electron chi connectivity index (χ3n) is 5.07. The molecule has 0 aliphatic rings. The van der Waals surface area contributed by atoms with Crippen LogP contribution in [0.4, 0.5) is 0 Å². The summed E-state index contributed by atoms with van der Waals surface area (Å²) in [6, 6.07) is 13.6. The summed E-state index contributed by atoms with van der Waals surface area (Å²) < 4.78 is 26.5. The summed E-state index contributed by atoms with van der Waals surface area (Å²) in [5, 5.41) is 0.985. The molecular formula is C22H26N4O3S. The number of carbonyl (C=O) groups excluding carboxylic acids is 1. The van der Waals surface area contributed by atoms with Crippen molar-refractivity contribution in [1.29, 1.82) is 0 Å². The minimum atomic E-state index is -3.59. The number of aromatic nitrogens is 2. The van der Waals surface area contributed by atoms with Crippen molar-refractivity contribution < 1.29 is 13.2 Å². The number of aryl methyl sites for hydroxylation is 1. The number of carbonyl (C=O) groups is 1. The summed E-state index contributed by atoms with van der Waals surface area (Å²) in [4.78, 5) is 23.5. The Kier molecular flexibility index (Phi) is 6.19. The van der Waals surface area contributed by atoms with E-state index in [1.54, 1.807) is 27.9 Å². The van der Waals surface area contributed by atoms with Crippen molar-refractivity contribution in [3.8, 4) is 0 Å². The third kappa shape index (κ3) is 4.34. The van der Waals surface area contributed by atoms with E-state index in [9.17, 15) is 13.2 Å². The van der Waals surface area contributed by atoms with Gasteiger partial charge in [-0.25, -0.2) is 18.4 Å². The van der Waals surface area contributed by atoms with E-state index in [2.05, 4.69) is 9.97 Å². The normalized spacial score (nSPS) is 12.0. The number of hydrogen-bond acceptors (Lipinski definition) is 5. The highest BCUT2D eigenvalue weighted by Crippen LogP contribution is 2.19. The first-order chi connectivity index (χ1) is 14.1. The lowest BCUT2D eigenvalue weighted by atomic mass is 10.2. The molecule has 158 valence electrons. The molecule has 0 spiro atoms. The van der Waals surface area contributed by atoms with Gasteiger partial charge in [0.25, 0.3) is 5.91 Å². The summed E-state index contributed by atoms with van der Waals surface area (Å²) in [5.41, 5.74) is 2.10. The fourth-order valence-corrected chi connectivity index (χ4v) is 4.45. The van der Waals surface area contributed by atoms with Crippen molar-refractivity contribution in [3.63, 3.8) is 0 Å². The van der Waals surface area contributed by atoms with E-state index in [0.717, 1.165) is 16.6 Å². The van der Waals surface area contributed by atoms with Gasteiger partial charge in [0.2, 0.25) is 10.0 Å². The quantitative estimate of drug-likeness (QED) is 0.604. The van der Waals surface area contributed by atoms with Gasteiger partial charge in [0.05, 0.1) is 17.0 Å². The molecule has 30 heavy (non-hydrogen) atoms. The van der Waals surface area contributed by atoms with E-state index in [-0.39, 0.29) is 23.4 Å². The van der Waals surface area contributed by atoms with E-state index >= 15 is 0 Å². The number of benzene rings is 2. The summed E-state index contributed by atoms with van der Waals surface area (Å²) in [6.07, 6.45) is 0. The molecule has 0 aliphatic heterocycles. The first kappa shape index (κ1) is 21.9. The Balaban J connectivity index is 1.78. The van der Waals surface area contributed by atoms with Crippen LogP contribution in [0.15, 0.2) is 53.4 Å². The van der Waals surface area contributed by atoms with Crippen molar-refractivity contribution in [2.75, 3.05) is 14.1 Å². The molecule has 0 aliphatic carbocycles. The average molecular weight is 427 g/mol. The molecular weight excluding hydrogens is 400 g/mol. The van der Waals surface area contributed by atoms with E-state index in [4.69, 9.17) is 0 Å². The Morgan fingerprint density at radius 3 is 2.27 bits per heavy atom. The van der Waals surface area contributed by atoms with Crippen molar-refractivity contribution in [3.05, 3.63) is 65.6 Å². The number of hydrogen-bond donors (Lipinski definition) is 0. The van der Waals surface area contributed by atoms with Crippen LogP contribution in [0.3, 0.4) is 0 Å². The van der Waals surface area contributed by atoms with Crippen LogP contribution in [0.5, 0.6) is 0 Å². The monoisotopic (exact) mass is 426 g/mol. The van der Waals surface area contributed by atoms with Crippen LogP contribution < -0.4 is 0 Å². The molecule has 0 N–H and O–H groups in total. The number of para-hydroxylation sites is 1. The predicted octanol–water partition coefficient (Wildman–Crippen LogP) is 3.24. The fourth-order valence-electron chi connectivity index (χ4n) is 3.08. The summed E-state index contributed by atoms with van der Waals surface area (Å²) >= 11 is 0. The van der Waals surface area contributed by atoms with E-state index < -0.39 is 10.0 Å². The molecule has 0 radical (unpaired) electrons. The minimum Gasteiger partial charge on any atom is -0.334 e. The second kappa shape index (κ2) is 8.49. The molecule has 3 aromatic rings. The zero-order valence-corrected chi connectivity index (χ0v) is 18.6. The smallest absolute Gasteiger partial charge is 0.254 e. The molecule has 0 fully saturated rings. The van der Waals surface area contributed by atoms with Gasteiger partial charge in [-0.15, -0.1) is 0 Å².